The van der Waals surface area contributed by atoms with Crippen molar-refractivity contribution in [2.24, 2.45) is 0 Å². The van der Waals surface area contributed by atoms with Crippen LogP contribution in [0.15, 0.2) is 48.5 Å². The third-order valence-electron chi connectivity index (χ3n) is 5.08. The summed E-state index contributed by atoms with van der Waals surface area (Å²) in [4.78, 5) is 12.7. The summed E-state index contributed by atoms with van der Waals surface area (Å²) in [6.07, 6.45) is 1.69. The number of carbonyl (C=O) groups excluding carboxylic acids is 1. The Morgan fingerprint density at radius 2 is 2.16 bits per heavy atom. The van der Waals surface area contributed by atoms with Gasteiger partial charge < -0.3 is 20.5 Å². The summed E-state index contributed by atoms with van der Waals surface area (Å²) in [5.41, 5.74) is 2.07. The second-order valence-corrected chi connectivity index (χ2v) is 6.84. The van der Waals surface area contributed by atoms with Crippen molar-refractivity contribution in [1.82, 2.24) is 10.6 Å². The molecule has 130 valence electrons. The highest BCUT2D eigenvalue weighted by Gasteiger charge is 2.43. The highest BCUT2D eigenvalue weighted by Crippen LogP contribution is 2.42. The molecule has 5 heteroatoms. The van der Waals surface area contributed by atoms with Gasteiger partial charge in [-0.2, -0.15) is 0 Å². The fourth-order valence-corrected chi connectivity index (χ4v) is 3.78. The Kier molecular flexibility index (Phi) is 4.19. The van der Waals surface area contributed by atoms with E-state index < -0.39 is 0 Å². The lowest BCUT2D eigenvalue weighted by Gasteiger charge is -2.39. The maximum Gasteiger partial charge on any atom is 0.251 e. The van der Waals surface area contributed by atoms with E-state index in [-0.39, 0.29) is 24.2 Å². The Labute approximate surface area is 147 Å². The number of aliphatic hydroxyl groups excluding tert-OH is 1. The van der Waals surface area contributed by atoms with E-state index in [0.29, 0.717) is 5.56 Å². The van der Waals surface area contributed by atoms with Gasteiger partial charge in [-0.1, -0.05) is 30.3 Å². The van der Waals surface area contributed by atoms with Crippen LogP contribution in [0.2, 0.25) is 0 Å². The fourth-order valence-electron chi connectivity index (χ4n) is 3.78. The quantitative estimate of drug-likeness (QED) is 0.802. The molecule has 1 fully saturated rings. The van der Waals surface area contributed by atoms with E-state index in [1.54, 1.807) is 24.3 Å². The summed E-state index contributed by atoms with van der Waals surface area (Å²) < 4.78 is 6.29. The molecule has 0 aromatic heterocycles. The molecule has 0 bridgehead atoms. The van der Waals surface area contributed by atoms with Gasteiger partial charge in [-0.3, -0.25) is 4.79 Å². The minimum atomic E-state index is -0.251. The Bertz CT molecular complexity index is 784. The predicted molar refractivity (Wildman–Crippen MR) is 94.5 cm³/mol. The molecule has 2 aromatic rings. The molecule has 4 rings (SSSR count). The summed E-state index contributed by atoms with van der Waals surface area (Å²) in [5, 5.41) is 15.8. The van der Waals surface area contributed by atoms with E-state index in [1.807, 2.05) is 24.3 Å². The molecule has 1 amide bonds. The van der Waals surface area contributed by atoms with Gasteiger partial charge in [0.25, 0.3) is 5.91 Å². The molecule has 2 heterocycles. The Morgan fingerprint density at radius 3 is 2.96 bits per heavy atom. The largest absolute Gasteiger partial charge is 0.485 e. The number of nitrogens with one attached hydrogen (secondary N) is 2. The van der Waals surface area contributed by atoms with Gasteiger partial charge in [0, 0.05) is 30.5 Å². The first-order valence-electron chi connectivity index (χ1n) is 8.68. The minimum Gasteiger partial charge on any atom is -0.485 e. The summed E-state index contributed by atoms with van der Waals surface area (Å²) >= 11 is 0. The predicted octanol–water partition coefficient (Wildman–Crippen LogP) is 2.16. The van der Waals surface area contributed by atoms with E-state index in [2.05, 4.69) is 10.6 Å². The molecule has 1 spiro atoms. The van der Waals surface area contributed by atoms with Crippen molar-refractivity contribution in [2.45, 2.75) is 31.1 Å². The standard InChI is InChI=1S/C20H22N2O3/c23-12-14-4-3-5-15(10-14)19(24)22-17-11-20(8-9-21-13-20)25-18-7-2-1-6-16(17)18/h1-7,10,17,21,23H,8-9,11-13H2,(H,22,24). The minimum absolute atomic E-state index is 0.0734. The molecular weight excluding hydrogens is 316 g/mol. The molecule has 3 N–H and O–H groups in total. The molecule has 2 aliphatic rings. The van der Waals surface area contributed by atoms with E-state index in [1.165, 1.54) is 0 Å². The third-order valence-corrected chi connectivity index (χ3v) is 5.08. The summed E-state index contributed by atoms with van der Waals surface area (Å²) in [6, 6.07) is 14.9. The van der Waals surface area contributed by atoms with Crippen molar-refractivity contribution in [1.29, 1.82) is 0 Å². The molecule has 5 nitrogen and oxygen atoms in total. The molecule has 2 unspecified atom stereocenters. The van der Waals surface area contributed by atoms with Gasteiger partial charge in [0.2, 0.25) is 0 Å². The number of fused-ring (bicyclic) bond motifs is 1. The number of benzene rings is 2. The van der Waals surface area contributed by atoms with Crippen molar-refractivity contribution < 1.29 is 14.6 Å². The second kappa shape index (κ2) is 6.50. The maximum atomic E-state index is 12.7. The number of para-hydroxylation sites is 1. The Morgan fingerprint density at radius 1 is 1.28 bits per heavy atom. The summed E-state index contributed by atoms with van der Waals surface area (Å²) in [7, 11) is 0. The number of carbonyl (C=O) groups is 1. The first-order chi connectivity index (χ1) is 12.2. The lowest BCUT2D eigenvalue weighted by Crippen LogP contribution is -2.46. The highest BCUT2D eigenvalue weighted by atomic mass is 16.5. The van der Waals surface area contributed by atoms with Gasteiger partial charge >= 0.3 is 0 Å². The van der Waals surface area contributed by atoms with E-state index >= 15 is 0 Å². The molecule has 2 aromatic carbocycles. The number of rotatable bonds is 3. The average Bonchev–Trinajstić information content (AvgIpc) is 3.09. The fraction of sp³-hybridized carbons (Fsp3) is 0.350. The number of amides is 1. The lowest BCUT2D eigenvalue weighted by atomic mass is 9.86. The topological polar surface area (TPSA) is 70.6 Å². The van der Waals surface area contributed by atoms with Crippen LogP contribution in [0, 0.1) is 0 Å². The van der Waals surface area contributed by atoms with Crippen LogP contribution in [-0.2, 0) is 6.61 Å². The average molecular weight is 338 g/mol. The molecule has 0 radical (unpaired) electrons. The molecule has 25 heavy (non-hydrogen) atoms. The van der Waals surface area contributed by atoms with Gasteiger partial charge in [-0.25, -0.2) is 0 Å². The van der Waals surface area contributed by atoms with Crippen LogP contribution in [0.1, 0.15) is 40.4 Å². The van der Waals surface area contributed by atoms with Crippen LogP contribution in [0.25, 0.3) is 0 Å². The van der Waals surface area contributed by atoms with Gasteiger partial charge in [0.15, 0.2) is 0 Å². The van der Waals surface area contributed by atoms with Crippen molar-refractivity contribution in [3.63, 3.8) is 0 Å². The van der Waals surface area contributed by atoms with Gasteiger partial charge in [-0.05, 0) is 30.3 Å². The first-order valence-corrected chi connectivity index (χ1v) is 8.68. The Balaban J connectivity index is 1.61. The van der Waals surface area contributed by atoms with Gasteiger partial charge in [-0.15, -0.1) is 0 Å². The van der Waals surface area contributed by atoms with Gasteiger partial charge in [0.1, 0.15) is 11.4 Å². The SMILES string of the molecule is O=C(NC1CC2(CCNC2)Oc2ccccc21)c1cccc(CO)c1. The van der Waals surface area contributed by atoms with Crippen LogP contribution in [-0.4, -0.2) is 29.7 Å². The lowest BCUT2D eigenvalue weighted by molar-refractivity contribution is 0.0474. The third kappa shape index (κ3) is 3.13. The van der Waals surface area contributed by atoms with Crippen molar-refractivity contribution in [3.05, 3.63) is 65.2 Å². The number of hydrogen-bond donors (Lipinski definition) is 3. The van der Waals surface area contributed by atoms with Crippen LogP contribution >= 0.6 is 0 Å². The number of hydrogen-bond acceptors (Lipinski definition) is 4. The summed E-state index contributed by atoms with van der Waals surface area (Å²) in [6.45, 7) is 1.66. The monoisotopic (exact) mass is 338 g/mol. The molecule has 0 saturated carbocycles. The van der Waals surface area contributed by atoms with Crippen LogP contribution < -0.4 is 15.4 Å². The molecule has 1 saturated heterocycles. The number of aliphatic hydroxyl groups is 1. The molecule has 2 aliphatic heterocycles. The highest BCUT2D eigenvalue weighted by molar-refractivity contribution is 5.94. The zero-order valence-electron chi connectivity index (χ0n) is 14.0. The molecular formula is C20H22N2O3. The molecule has 2 atom stereocenters. The number of ether oxygens (including phenoxy) is 1. The molecule has 0 aliphatic carbocycles. The van der Waals surface area contributed by atoms with Crippen LogP contribution in [0.5, 0.6) is 5.75 Å². The van der Waals surface area contributed by atoms with Crippen LogP contribution in [0.4, 0.5) is 0 Å². The zero-order chi connectivity index (χ0) is 17.3. The second-order valence-electron chi connectivity index (χ2n) is 6.84. The van der Waals surface area contributed by atoms with Crippen molar-refractivity contribution in [2.75, 3.05) is 13.1 Å². The maximum absolute atomic E-state index is 12.7. The summed E-state index contributed by atoms with van der Waals surface area (Å²) in [5.74, 6) is 0.727. The van der Waals surface area contributed by atoms with Gasteiger partial charge in [0.05, 0.1) is 12.6 Å². The first kappa shape index (κ1) is 16.1. The van der Waals surface area contributed by atoms with Crippen molar-refractivity contribution >= 4 is 5.91 Å². The van der Waals surface area contributed by atoms with Crippen LogP contribution in [0.3, 0.4) is 0 Å². The van der Waals surface area contributed by atoms with E-state index in [9.17, 15) is 9.90 Å². The zero-order valence-corrected chi connectivity index (χ0v) is 14.0. The smallest absolute Gasteiger partial charge is 0.251 e. The van der Waals surface area contributed by atoms with E-state index in [4.69, 9.17) is 4.74 Å². The normalized spacial score (nSPS) is 24.6. The van der Waals surface area contributed by atoms with E-state index in [0.717, 1.165) is 42.8 Å². The Hall–Kier alpha value is -2.37. The van der Waals surface area contributed by atoms with Crippen molar-refractivity contribution in [3.8, 4) is 5.75 Å².